The van der Waals surface area contributed by atoms with Crippen molar-refractivity contribution in [1.29, 1.82) is 0 Å². The maximum atomic E-state index is 10.6. The lowest BCUT2D eigenvalue weighted by atomic mass is 10.2. The summed E-state index contributed by atoms with van der Waals surface area (Å²) >= 11 is 0. The van der Waals surface area contributed by atoms with Gasteiger partial charge in [0.1, 0.15) is 5.69 Å². The van der Waals surface area contributed by atoms with Crippen LogP contribution in [-0.4, -0.2) is 25.4 Å². The van der Waals surface area contributed by atoms with Crippen LogP contribution in [0.15, 0.2) is 60.1 Å². The fraction of sp³-hybridized carbons (Fsp3) is 0.158. The molecule has 122 valence electrons. The Morgan fingerprint density at radius 1 is 1.12 bits per heavy atom. The largest absolute Gasteiger partial charge is 0.298 e. The highest BCUT2D eigenvalue weighted by Gasteiger charge is 2.16. The van der Waals surface area contributed by atoms with Crippen LogP contribution in [0.3, 0.4) is 0 Å². The Morgan fingerprint density at radius 2 is 1.88 bits per heavy atom. The van der Waals surface area contributed by atoms with Crippen LogP contribution in [0.4, 0.5) is 0 Å². The first-order valence-corrected chi connectivity index (χ1v) is 9.09. The van der Waals surface area contributed by atoms with Crippen molar-refractivity contribution in [1.82, 2.24) is 4.98 Å². The molecule has 1 unspecified atom stereocenters. The molecule has 0 fully saturated rings. The van der Waals surface area contributed by atoms with Crippen LogP contribution in [0.2, 0.25) is 0 Å². The van der Waals surface area contributed by atoms with Crippen molar-refractivity contribution in [2.75, 3.05) is 5.75 Å². The Labute approximate surface area is 142 Å². The van der Waals surface area contributed by atoms with E-state index in [1.165, 1.54) is 11.6 Å². The van der Waals surface area contributed by atoms with Crippen molar-refractivity contribution in [3.63, 3.8) is 0 Å². The summed E-state index contributed by atoms with van der Waals surface area (Å²) in [6.45, 7) is 1.89. The number of pyridine rings is 1. The lowest BCUT2D eigenvalue weighted by Crippen LogP contribution is -2.00. The van der Waals surface area contributed by atoms with Crippen molar-refractivity contribution in [2.45, 2.75) is 6.92 Å². The Balaban J connectivity index is 0.000000219. The Bertz CT molecular complexity index is 874. The Morgan fingerprint density at radius 3 is 2.33 bits per heavy atom. The summed E-state index contributed by atoms with van der Waals surface area (Å²) in [4.78, 5) is 14.5. The van der Waals surface area contributed by atoms with E-state index in [0.717, 1.165) is 11.8 Å². The first kappa shape index (κ1) is 17.6. The fourth-order valence-corrected chi connectivity index (χ4v) is 3.40. The van der Waals surface area contributed by atoms with Gasteiger partial charge < -0.3 is 0 Å². The molecule has 1 aliphatic rings. The molecule has 0 bridgehead atoms. The van der Waals surface area contributed by atoms with Crippen LogP contribution in [0.25, 0.3) is 0 Å². The number of aldehydes is 1. The van der Waals surface area contributed by atoms with Gasteiger partial charge in [0.2, 0.25) is 0 Å². The summed E-state index contributed by atoms with van der Waals surface area (Å²) in [7, 11) is -2.78. The highest BCUT2D eigenvalue weighted by Crippen LogP contribution is 2.12. The van der Waals surface area contributed by atoms with E-state index in [-0.39, 0.29) is 5.92 Å². The molecule has 2 heterocycles. The average molecular weight is 339 g/mol. The number of hydrogen-bond acceptors (Lipinski definition) is 4. The topological polar surface area (TPSA) is 64.1 Å². The minimum absolute atomic E-state index is 0.222. The quantitative estimate of drug-likeness (QED) is 0.592. The van der Waals surface area contributed by atoms with E-state index in [4.69, 9.17) is 0 Å². The predicted molar refractivity (Wildman–Crippen MR) is 94.1 cm³/mol. The van der Waals surface area contributed by atoms with E-state index in [9.17, 15) is 13.2 Å². The third-order valence-electron chi connectivity index (χ3n) is 3.14. The molecule has 3 rings (SSSR count). The molecule has 1 aliphatic heterocycles. The van der Waals surface area contributed by atoms with E-state index < -0.39 is 9.84 Å². The number of nitrogens with zero attached hydrogens (tertiary/aromatic N) is 1. The van der Waals surface area contributed by atoms with E-state index in [0.29, 0.717) is 17.0 Å². The maximum Gasteiger partial charge on any atom is 0.171 e. The number of carbonyl (C=O) groups is 1. The standard InChI is InChI=1S/C14H9NO.C5H8O2S/c16-11-13-7-9-14(15-10-13)8-6-12-4-2-1-3-5-12;1-5-2-3-8(6,7)4-5/h1-5,7,9-11H;2-3,5H,4H2,1H3. The van der Waals surface area contributed by atoms with Crippen molar-refractivity contribution < 1.29 is 13.2 Å². The van der Waals surface area contributed by atoms with Crippen molar-refractivity contribution in [3.8, 4) is 11.8 Å². The lowest BCUT2D eigenvalue weighted by molar-refractivity contribution is 0.112. The zero-order valence-electron chi connectivity index (χ0n) is 13.2. The van der Waals surface area contributed by atoms with Gasteiger partial charge in [-0.05, 0) is 36.1 Å². The zero-order chi connectivity index (χ0) is 17.4. The molecule has 0 radical (unpaired) electrons. The van der Waals surface area contributed by atoms with E-state index in [1.807, 2.05) is 37.3 Å². The SMILES string of the molecule is CC1C=CS(=O)(=O)C1.O=Cc1ccc(C#Cc2ccccc2)nc1. The molecular formula is C19H17NO3S. The second-order valence-corrected chi connectivity index (χ2v) is 7.28. The fourth-order valence-electron chi connectivity index (χ4n) is 1.94. The zero-order valence-corrected chi connectivity index (χ0v) is 14.0. The maximum absolute atomic E-state index is 10.6. The third kappa shape index (κ3) is 5.82. The number of allylic oxidation sites excluding steroid dienone is 1. The van der Waals surface area contributed by atoms with Gasteiger partial charge in [-0.25, -0.2) is 13.4 Å². The first-order chi connectivity index (χ1) is 11.5. The molecule has 0 aliphatic carbocycles. The van der Waals surface area contributed by atoms with Gasteiger partial charge in [0.25, 0.3) is 0 Å². The van der Waals surface area contributed by atoms with Crippen LogP contribution in [0, 0.1) is 17.8 Å². The molecule has 24 heavy (non-hydrogen) atoms. The molecule has 0 spiro atoms. The summed E-state index contributed by atoms with van der Waals surface area (Å²) in [5.41, 5.74) is 2.17. The van der Waals surface area contributed by atoms with Gasteiger partial charge in [-0.2, -0.15) is 0 Å². The van der Waals surface area contributed by atoms with Crippen LogP contribution < -0.4 is 0 Å². The molecule has 4 nitrogen and oxygen atoms in total. The molecular weight excluding hydrogens is 322 g/mol. The molecule has 1 atom stereocenters. The van der Waals surface area contributed by atoms with Crippen molar-refractivity contribution in [3.05, 3.63) is 77.0 Å². The molecule has 2 aromatic rings. The summed E-state index contributed by atoms with van der Waals surface area (Å²) in [6, 6.07) is 13.1. The first-order valence-electron chi connectivity index (χ1n) is 7.38. The monoisotopic (exact) mass is 339 g/mol. The number of sulfone groups is 1. The van der Waals surface area contributed by atoms with Gasteiger partial charge >= 0.3 is 0 Å². The Hall–Kier alpha value is -2.71. The van der Waals surface area contributed by atoms with E-state index in [1.54, 1.807) is 18.2 Å². The van der Waals surface area contributed by atoms with E-state index in [2.05, 4.69) is 16.8 Å². The van der Waals surface area contributed by atoms with Crippen molar-refractivity contribution >= 4 is 16.1 Å². The highest BCUT2D eigenvalue weighted by atomic mass is 32.2. The summed E-state index contributed by atoms with van der Waals surface area (Å²) in [5.74, 6) is 6.45. The number of benzene rings is 1. The predicted octanol–water partition coefficient (Wildman–Crippen LogP) is 2.86. The van der Waals surface area contributed by atoms with Gasteiger partial charge in [-0.15, -0.1) is 0 Å². The van der Waals surface area contributed by atoms with Gasteiger partial charge in [0.05, 0.1) is 5.75 Å². The number of rotatable bonds is 1. The number of hydrogen-bond donors (Lipinski definition) is 0. The van der Waals surface area contributed by atoms with Crippen molar-refractivity contribution in [2.24, 2.45) is 5.92 Å². The molecule has 0 N–H and O–H groups in total. The summed E-state index contributed by atoms with van der Waals surface area (Å²) in [6.07, 6.45) is 4.00. The molecule has 0 saturated carbocycles. The van der Waals surface area contributed by atoms with Crippen LogP contribution in [0.5, 0.6) is 0 Å². The van der Waals surface area contributed by atoms with Crippen LogP contribution in [-0.2, 0) is 9.84 Å². The summed E-state index contributed by atoms with van der Waals surface area (Å²) < 4.78 is 21.1. The van der Waals surface area contributed by atoms with E-state index >= 15 is 0 Å². The van der Waals surface area contributed by atoms with Gasteiger partial charge in [-0.1, -0.05) is 37.1 Å². The Kier molecular flexibility index (Phi) is 6.05. The molecule has 5 heteroatoms. The minimum atomic E-state index is -2.78. The number of aromatic nitrogens is 1. The normalized spacial score (nSPS) is 17.1. The molecule has 1 aromatic carbocycles. The third-order valence-corrected chi connectivity index (χ3v) is 4.70. The van der Waals surface area contributed by atoms with Gasteiger partial charge in [-0.3, -0.25) is 4.79 Å². The summed E-state index contributed by atoms with van der Waals surface area (Å²) in [5, 5.41) is 1.29. The van der Waals surface area contributed by atoms with Crippen LogP contribution >= 0.6 is 0 Å². The minimum Gasteiger partial charge on any atom is -0.298 e. The second-order valence-electron chi connectivity index (χ2n) is 5.35. The van der Waals surface area contributed by atoms with Gasteiger partial charge in [0.15, 0.2) is 16.1 Å². The highest BCUT2D eigenvalue weighted by molar-refractivity contribution is 7.94. The smallest absolute Gasteiger partial charge is 0.171 e. The van der Waals surface area contributed by atoms with Crippen LogP contribution in [0.1, 0.15) is 28.5 Å². The average Bonchev–Trinajstić information content (AvgIpc) is 2.92. The van der Waals surface area contributed by atoms with Gasteiger partial charge in [0, 0.05) is 22.7 Å². The second kappa shape index (κ2) is 8.23. The number of carbonyl (C=O) groups excluding carboxylic acids is 1. The molecule has 0 saturated heterocycles. The molecule has 0 amide bonds. The molecule has 1 aromatic heterocycles. The lowest BCUT2D eigenvalue weighted by Gasteiger charge is -1.90.